The molecule has 3 heteroatoms. The maximum absolute atomic E-state index is 3.84. The molecule has 2 rings (SSSR count). The summed E-state index contributed by atoms with van der Waals surface area (Å²) in [5.74, 6) is 0. The predicted octanol–water partition coefficient (Wildman–Crippen LogP) is 2.74. The monoisotopic (exact) mass is 256 g/mol. The van der Waals surface area contributed by atoms with Gasteiger partial charge < -0.3 is 10.2 Å². The van der Waals surface area contributed by atoms with Crippen molar-refractivity contribution in [2.75, 3.05) is 32.4 Å². The summed E-state index contributed by atoms with van der Waals surface area (Å²) in [6.45, 7) is 9.75. The molecule has 2 nitrogen and oxygen atoms in total. The number of nitrogens with one attached hydrogen (secondary N) is 1. The SMILES string of the molecule is CSC(C)(C)CN1CCCNC2(CCCC2)C1. The first-order chi connectivity index (χ1) is 8.05. The maximum Gasteiger partial charge on any atom is 0.0308 e. The van der Waals surface area contributed by atoms with Crippen molar-refractivity contribution in [1.29, 1.82) is 0 Å². The minimum atomic E-state index is 0.393. The fourth-order valence-electron chi connectivity index (χ4n) is 3.34. The lowest BCUT2D eigenvalue weighted by atomic mass is 9.97. The average Bonchev–Trinajstić information content (AvgIpc) is 2.63. The highest BCUT2D eigenvalue weighted by Crippen LogP contribution is 2.33. The molecule has 0 radical (unpaired) electrons. The Kier molecular flexibility index (Phi) is 4.43. The minimum Gasteiger partial charge on any atom is -0.310 e. The van der Waals surface area contributed by atoms with Gasteiger partial charge in [0.1, 0.15) is 0 Å². The third kappa shape index (κ3) is 3.62. The van der Waals surface area contributed by atoms with Gasteiger partial charge in [-0.3, -0.25) is 0 Å². The van der Waals surface area contributed by atoms with Crippen LogP contribution in [0.4, 0.5) is 0 Å². The quantitative estimate of drug-likeness (QED) is 0.836. The zero-order valence-corrected chi connectivity index (χ0v) is 12.5. The van der Waals surface area contributed by atoms with Crippen LogP contribution in [0.5, 0.6) is 0 Å². The highest BCUT2D eigenvalue weighted by molar-refractivity contribution is 7.99. The Balaban J connectivity index is 1.97. The minimum absolute atomic E-state index is 0.393. The van der Waals surface area contributed by atoms with Crippen LogP contribution in [0.2, 0.25) is 0 Å². The Labute approximate surface area is 111 Å². The van der Waals surface area contributed by atoms with Crippen molar-refractivity contribution < 1.29 is 0 Å². The first-order valence-electron chi connectivity index (χ1n) is 7.08. The molecule has 1 spiro atoms. The molecular formula is C14H28N2S. The first kappa shape index (κ1) is 13.7. The van der Waals surface area contributed by atoms with E-state index in [0.717, 1.165) is 0 Å². The van der Waals surface area contributed by atoms with E-state index < -0.39 is 0 Å². The molecule has 1 aliphatic carbocycles. The number of rotatable bonds is 3. The Bertz CT molecular complexity index is 247. The van der Waals surface area contributed by atoms with Crippen molar-refractivity contribution in [3.05, 3.63) is 0 Å². The molecule has 0 amide bonds. The van der Waals surface area contributed by atoms with Gasteiger partial charge in [-0.15, -0.1) is 0 Å². The molecule has 0 unspecified atom stereocenters. The van der Waals surface area contributed by atoms with Crippen LogP contribution >= 0.6 is 11.8 Å². The zero-order valence-electron chi connectivity index (χ0n) is 11.7. The lowest BCUT2D eigenvalue weighted by molar-refractivity contribution is 0.199. The van der Waals surface area contributed by atoms with Crippen LogP contribution in [0, 0.1) is 0 Å². The number of nitrogens with zero attached hydrogens (tertiary/aromatic N) is 1. The van der Waals surface area contributed by atoms with Gasteiger partial charge in [0.25, 0.3) is 0 Å². The van der Waals surface area contributed by atoms with E-state index in [-0.39, 0.29) is 0 Å². The molecule has 1 N–H and O–H groups in total. The molecule has 100 valence electrons. The Hall–Kier alpha value is 0.270. The third-order valence-electron chi connectivity index (χ3n) is 4.40. The van der Waals surface area contributed by atoms with E-state index in [0.29, 0.717) is 10.3 Å². The highest BCUT2D eigenvalue weighted by Gasteiger charge is 2.37. The molecule has 0 bridgehead atoms. The topological polar surface area (TPSA) is 15.3 Å². The van der Waals surface area contributed by atoms with Gasteiger partial charge in [-0.2, -0.15) is 11.8 Å². The van der Waals surface area contributed by atoms with Crippen molar-refractivity contribution in [2.24, 2.45) is 0 Å². The third-order valence-corrected chi connectivity index (χ3v) is 5.63. The van der Waals surface area contributed by atoms with Crippen LogP contribution in [0.3, 0.4) is 0 Å². The van der Waals surface area contributed by atoms with E-state index >= 15 is 0 Å². The van der Waals surface area contributed by atoms with Gasteiger partial charge in [-0.05, 0) is 52.5 Å². The van der Waals surface area contributed by atoms with Gasteiger partial charge in [0, 0.05) is 23.4 Å². The van der Waals surface area contributed by atoms with Crippen molar-refractivity contribution in [3.8, 4) is 0 Å². The summed E-state index contributed by atoms with van der Waals surface area (Å²) >= 11 is 2.00. The number of thioether (sulfide) groups is 1. The summed E-state index contributed by atoms with van der Waals surface area (Å²) in [6, 6.07) is 0. The molecule has 0 atom stereocenters. The molecule has 2 fully saturated rings. The fourth-order valence-corrected chi connectivity index (χ4v) is 3.66. The second-order valence-corrected chi connectivity index (χ2v) is 7.96. The summed E-state index contributed by atoms with van der Waals surface area (Å²) in [5, 5.41) is 3.84. The van der Waals surface area contributed by atoms with Crippen LogP contribution < -0.4 is 5.32 Å². The second-order valence-electron chi connectivity index (χ2n) is 6.44. The largest absolute Gasteiger partial charge is 0.310 e. The standard InChI is InChI=1S/C14H28N2S/c1-13(2,17-3)11-16-10-6-9-15-14(12-16)7-4-5-8-14/h15H,4-12H2,1-3H3. The maximum atomic E-state index is 3.84. The lowest BCUT2D eigenvalue weighted by Crippen LogP contribution is -2.51. The molecule has 2 aliphatic rings. The molecule has 0 aromatic rings. The van der Waals surface area contributed by atoms with Crippen LogP contribution in [-0.4, -0.2) is 47.6 Å². The molecule has 0 aromatic heterocycles. The summed E-state index contributed by atoms with van der Waals surface area (Å²) in [6.07, 6.45) is 9.18. The molecule has 0 aromatic carbocycles. The van der Waals surface area contributed by atoms with Gasteiger partial charge >= 0.3 is 0 Å². The molecule has 1 heterocycles. The van der Waals surface area contributed by atoms with E-state index in [4.69, 9.17) is 0 Å². The lowest BCUT2D eigenvalue weighted by Gasteiger charge is -2.36. The molecule has 1 saturated heterocycles. The van der Waals surface area contributed by atoms with Crippen LogP contribution in [0.25, 0.3) is 0 Å². The number of hydrogen-bond acceptors (Lipinski definition) is 3. The van der Waals surface area contributed by atoms with Crippen molar-refractivity contribution >= 4 is 11.8 Å². The smallest absolute Gasteiger partial charge is 0.0308 e. The molecular weight excluding hydrogens is 228 g/mol. The number of hydrogen-bond donors (Lipinski definition) is 1. The van der Waals surface area contributed by atoms with Gasteiger partial charge in [0.15, 0.2) is 0 Å². The molecule has 17 heavy (non-hydrogen) atoms. The first-order valence-corrected chi connectivity index (χ1v) is 8.30. The van der Waals surface area contributed by atoms with Crippen molar-refractivity contribution in [2.45, 2.75) is 56.2 Å². The van der Waals surface area contributed by atoms with E-state index in [2.05, 4.69) is 30.3 Å². The van der Waals surface area contributed by atoms with Crippen molar-refractivity contribution in [1.82, 2.24) is 10.2 Å². The normalized spacial score (nSPS) is 26.3. The van der Waals surface area contributed by atoms with Crippen LogP contribution in [0.1, 0.15) is 46.0 Å². The average molecular weight is 256 g/mol. The van der Waals surface area contributed by atoms with Gasteiger partial charge in [0.05, 0.1) is 0 Å². The fraction of sp³-hybridized carbons (Fsp3) is 1.00. The Morgan fingerprint density at radius 2 is 1.94 bits per heavy atom. The van der Waals surface area contributed by atoms with E-state index in [1.165, 1.54) is 58.3 Å². The van der Waals surface area contributed by atoms with E-state index in [9.17, 15) is 0 Å². The molecule has 1 saturated carbocycles. The predicted molar refractivity (Wildman–Crippen MR) is 77.9 cm³/mol. The summed E-state index contributed by atoms with van der Waals surface area (Å²) in [7, 11) is 0. The second kappa shape index (κ2) is 5.50. The molecule has 1 aliphatic heterocycles. The van der Waals surface area contributed by atoms with Gasteiger partial charge in [-0.25, -0.2) is 0 Å². The van der Waals surface area contributed by atoms with Crippen LogP contribution in [-0.2, 0) is 0 Å². The van der Waals surface area contributed by atoms with Crippen LogP contribution in [0.15, 0.2) is 0 Å². The van der Waals surface area contributed by atoms with Crippen molar-refractivity contribution in [3.63, 3.8) is 0 Å². The zero-order chi connectivity index (χ0) is 12.4. The summed E-state index contributed by atoms with van der Waals surface area (Å²) in [4.78, 5) is 2.71. The van der Waals surface area contributed by atoms with Gasteiger partial charge in [-0.1, -0.05) is 12.8 Å². The van der Waals surface area contributed by atoms with E-state index in [1.807, 2.05) is 11.8 Å². The van der Waals surface area contributed by atoms with E-state index in [1.54, 1.807) is 0 Å². The Morgan fingerprint density at radius 3 is 2.59 bits per heavy atom. The Morgan fingerprint density at radius 1 is 1.24 bits per heavy atom. The summed E-state index contributed by atoms with van der Waals surface area (Å²) in [5.41, 5.74) is 0.463. The van der Waals surface area contributed by atoms with Gasteiger partial charge in [0.2, 0.25) is 0 Å². The summed E-state index contributed by atoms with van der Waals surface area (Å²) < 4.78 is 0.393. The highest BCUT2D eigenvalue weighted by atomic mass is 32.2.